The Morgan fingerprint density at radius 1 is 1.18 bits per heavy atom. The van der Waals surface area contributed by atoms with Crippen LogP contribution >= 0.6 is 0 Å². The summed E-state index contributed by atoms with van der Waals surface area (Å²) < 4.78 is 27.4. The molecule has 2 heterocycles. The second-order valence-electron chi connectivity index (χ2n) is 9.67. The molecule has 0 bridgehead atoms. The van der Waals surface area contributed by atoms with Gasteiger partial charge in [-0.2, -0.15) is 0 Å². The highest BCUT2D eigenvalue weighted by Gasteiger charge is 2.33. The van der Waals surface area contributed by atoms with Crippen LogP contribution in [0.1, 0.15) is 43.6 Å². The van der Waals surface area contributed by atoms with Crippen LogP contribution in [-0.4, -0.2) is 28.3 Å². The summed E-state index contributed by atoms with van der Waals surface area (Å²) in [7, 11) is 0. The van der Waals surface area contributed by atoms with Gasteiger partial charge in [0.05, 0.1) is 17.7 Å². The number of aromatic nitrogens is 1. The van der Waals surface area contributed by atoms with E-state index in [1.54, 1.807) is 33.0 Å². The monoisotopic (exact) mass is 459 g/mol. The predicted molar refractivity (Wildman–Crippen MR) is 130 cm³/mol. The van der Waals surface area contributed by atoms with Gasteiger partial charge >= 0.3 is 5.97 Å². The molecule has 174 valence electrons. The number of carboxylic acid groups (broad SMARTS) is 1. The number of nitrogens with zero attached hydrogens (tertiary/aromatic N) is 1. The molecule has 0 aliphatic carbocycles. The zero-order chi connectivity index (χ0) is 24.2. The Bertz CT molecular complexity index is 1440. The third-order valence-corrected chi connectivity index (χ3v) is 6.16. The van der Waals surface area contributed by atoms with Crippen molar-refractivity contribution >= 4 is 27.6 Å². The van der Waals surface area contributed by atoms with Gasteiger partial charge in [0.1, 0.15) is 11.6 Å². The summed E-state index contributed by atoms with van der Waals surface area (Å²) in [4.78, 5) is 17.2. The van der Waals surface area contributed by atoms with E-state index in [-0.39, 0.29) is 0 Å². The molecule has 5 rings (SSSR count). The summed E-state index contributed by atoms with van der Waals surface area (Å²) in [6.45, 7) is 7.84. The molecule has 1 aromatic heterocycles. The molecule has 0 radical (unpaired) electrons. The van der Waals surface area contributed by atoms with E-state index in [0.717, 1.165) is 23.1 Å². The highest BCUT2D eigenvalue weighted by Crippen LogP contribution is 2.45. The standard InChI is InChI=1S/C28H26FNO4/c1-15-14-17-6-5-7-19(29)22(17)24(21(15)26(27(31)32)34-28(2,3)4)18-8-9-20-23-16(11-13-33-20)10-12-30-25(18)23/h5-10,12,14,26H,11,13H2,1-4H3,(H,31,32). The van der Waals surface area contributed by atoms with Crippen molar-refractivity contribution in [2.45, 2.75) is 45.8 Å². The molecule has 3 aromatic carbocycles. The zero-order valence-corrected chi connectivity index (χ0v) is 19.6. The van der Waals surface area contributed by atoms with Gasteiger partial charge < -0.3 is 14.6 Å². The van der Waals surface area contributed by atoms with Gasteiger partial charge in [0.2, 0.25) is 0 Å². The average molecular weight is 460 g/mol. The van der Waals surface area contributed by atoms with Crippen LogP contribution < -0.4 is 4.74 Å². The van der Waals surface area contributed by atoms with Gasteiger partial charge in [-0.25, -0.2) is 9.18 Å². The SMILES string of the molecule is Cc1cc2cccc(F)c2c(-c2ccc3c4c(ccnc24)CCO3)c1C(OC(C)(C)C)C(=O)O. The fourth-order valence-corrected chi connectivity index (χ4v) is 4.88. The minimum absolute atomic E-state index is 0.353. The number of carboxylic acids is 1. The molecule has 6 heteroatoms. The molecule has 4 aromatic rings. The average Bonchev–Trinajstić information content (AvgIpc) is 2.77. The molecule has 0 fully saturated rings. The van der Waals surface area contributed by atoms with Gasteiger partial charge in [0.15, 0.2) is 6.10 Å². The molecule has 5 nitrogen and oxygen atoms in total. The predicted octanol–water partition coefficient (Wildman–Crippen LogP) is 6.38. The largest absolute Gasteiger partial charge is 0.493 e. The minimum Gasteiger partial charge on any atom is -0.493 e. The Morgan fingerprint density at radius 2 is 1.97 bits per heavy atom. The Kier molecular flexibility index (Phi) is 5.29. The summed E-state index contributed by atoms with van der Waals surface area (Å²) in [5.41, 5.74) is 3.32. The van der Waals surface area contributed by atoms with Gasteiger partial charge in [-0.1, -0.05) is 18.2 Å². The maximum absolute atomic E-state index is 15.4. The maximum atomic E-state index is 15.4. The van der Waals surface area contributed by atoms with E-state index in [2.05, 4.69) is 4.98 Å². The molecule has 1 aliphatic heterocycles. The van der Waals surface area contributed by atoms with Gasteiger partial charge in [-0.05, 0) is 68.5 Å². The Balaban J connectivity index is 1.94. The van der Waals surface area contributed by atoms with Crippen LogP contribution in [0, 0.1) is 12.7 Å². The molecule has 1 atom stereocenters. The number of carbonyl (C=O) groups is 1. The summed E-state index contributed by atoms with van der Waals surface area (Å²) in [6, 6.07) is 12.4. The van der Waals surface area contributed by atoms with E-state index in [9.17, 15) is 9.90 Å². The molecular formula is C28H26FNO4. The Hall–Kier alpha value is -3.51. The van der Waals surface area contributed by atoms with Crippen molar-refractivity contribution in [3.63, 3.8) is 0 Å². The first kappa shape index (κ1) is 22.3. The summed E-state index contributed by atoms with van der Waals surface area (Å²) in [5.74, 6) is -0.827. The van der Waals surface area contributed by atoms with Crippen molar-refractivity contribution in [1.82, 2.24) is 4.98 Å². The van der Waals surface area contributed by atoms with Crippen LogP contribution in [-0.2, 0) is 16.0 Å². The van der Waals surface area contributed by atoms with Crippen LogP contribution in [0.2, 0.25) is 0 Å². The highest BCUT2D eigenvalue weighted by molar-refractivity contribution is 6.09. The quantitative estimate of drug-likeness (QED) is 0.384. The van der Waals surface area contributed by atoms with Gasteiger partial charge in [0.25, 0.3) is 0 Å². The molecular weight excluding hydrogens is 433 g/mol. The van der Waals surface area contributed by atoms with Gasteiger partial charge in [-0.3, -0.25) is 4.98 Å². The van der Waals surface area contributed by atoms with E-state index in [1.807, 2.05) is 37.3 Å². The normalized spacial score (nSPS) is 14.3. The van der Waals surface area contributed by atoms with E-state index in [4.69, 9.17) is 9.47 Å². The van der Waals surface area contributed by atoms with Crippen LogP contribution in [0.5, 0.6) is 5.75 Å². The van der Waals surface area contributed by atoms with Crippen LogP contribution in [0.3, 0.4) is 0 Å². The number of pyridine rings is 1. The van der Waals surface area contributed by atoms with E-state index >= 15 is 4.39 Å². The highest BCUT2D eigenvalue weighted by atomic mass is 19.1. The first-order chi connectivity index (χ1) is 16.2. The van der Waals surface area contributed by atoms with Crippen molar-refractivity contribution in [3.8, 4) is 16.9 Å². The van der Waals surface area contributed by atoms with Crippen LogP contribution in [0.4, 0.5) is 4.39 Å². The molecule has 1 unspecified atom stereocenters. The summed E-state index contributed by atoms with van der Waals surface area (Å²) in [5, 5.41) is 12.1. The summed E-state index contributed by atoms with van der Waals surface area (Å²) in [6.07, 6.45) is 1.20. The molecule has 0 saturated heterocycles. The molecule has 1 N–H and O–H groups in total. The number of hydrogen-bond acceptors (Lipinski definition) is 4. The van der Waals surface area contributed by atoms with Crippen LogP contribution in [0.25, 0.3) is 32.8 Å². The van der Waals surface area contributed by atoms with Crippen molar-refractivity contribution in [2.24, 2.45) is 0 Å². The van der Waals surface area contributed by atoms with E-state index in [0.29, 0.717) is 45.1 Å². The molecule has 0 amide bonds. The van der Waals surface area contributed by atoms with E-state index < -0.39 is 23.5 Å². The van der Waals surface area contributed by atoms with Gasteiger partial charge in [0, 0.05) is 40.1 Å². The number of halogens is 1. The number of aliphatic carboxylic acids is 1. The molecule has 1 aliphatic rings. The lowest BCUT2D eigenvalue weighted by Crippen LogP contribution is -2.28. The van der Waals surface area contributed by atoms with Crippen LogP contribution in [0.15, 0.2) is 48.7 Å². The maximum Gasteiger partial charge on any atom is 0.337 e. The molecule has 0 saturated carbocycles. The van der Waals surface area contributed by atoms with Crippen molar-refractivity contribution in [3.05, 3.63) is 71.2 Å². The Morgan fingerprint density at radius 3 is 2.71 bits per heavy atom. The lowest BCUT2D eigenvalue weighted by molar-refractivity contribution is -0.160. The fourth-order valence-electron chi connectivity index (χ4n) is 4.88. The van der Waals surface area contributed by atoms with Crippen molar-refractivity contribution in [2.75, 3.05) is 6.61 Å². The zero-order valence-electron chi connectivity index (χ0n) is 19.6. The topological polar surface area (TPSA) is 68.7 Å². The second-order valence-corrected chi connectivity index (χ2v) is 9.67. The summed E-state index contributed by atoms with van der Waals surface area (Å²) >= 11 is 0. The lowest BCUT2D eigenvalue weighted by atomic mass is 9.85. The fraction of sp³-hybridized carbons (Fsp3) is 0.286. The van der Waals surface area contributed by atoms with E-state index in [1.165, 1.54) is 6.07 Å². The number of aryl methyl sites for hydroxylation is 1. The first-order valence-electron chi connectivity index (χ1n) is 11.3. The smallest absolute Gasteiger partial charge is 0.337 e. The number of rotatable bonds is 4. The number of fused-ring (bicyclic) bond motifs is 1. The number of benzene rings is 3. The second kappa shape index (κ2) is 8.06. The number of ether oxygens (including phenoxy) is 2. The minimum atomic E-state index is -1.29. The third kappa shape index (κ3) is 3.68. The van der Waals surface area contributed by atoms with Gasteiger partial charge in [-0.15, -0.1) is 0 Å². The Labute approximate surface area is 197 Å². The third-order valence-electron chi connectivity index (χ3n) is 6.16. The number of hydrogen-bond donors (Lipinski definition) is 1. The molecule has 0 spiro atoms. The molecule has 34 heavy (non-hydrogen) atoms. The van der Waals surface area contributed by atoms with Crippen molar-refractivity contribution in [1.29, 1.82) is 0 Å². The van der Waals surface area contributed by atoms with Crippen molar-refractivity contribution < 1.29 is 23.8 Å². The first-order valence-corrected chi connectivity index (χ1v) is 11.3. The lowest BCUT2D eigenvalue weighted by Gasteiger charge is -2.29.